The zero-order valence-corrected chi connectivity index (χ0v) is 17.2. The highest BCUT2D eigenvalue weighted by Crippen LogP contribution is 2.37. The minimum absolute atomic E-state index is 0.0800. The van der Waals surface area contributed by atoms with Gasteiger partial charge in [-0.15, -0.1) is 11.8 Å². The van der Waals surface area contributed by atoms with Crippen LogP contribution < -0.4 is 10.7 Å². The van der Waals surface area contributed by atoms with Crippen LogP contribution in [-0.4, -0.2) is 33.1 Å². The highest BCUT2D eigenvalue weighted by Gasteiger charge is 2.24. The van der Waals surface area contributed by atoms with Crippen LogP contribution in [0.15, 0.2) is 70.8 Å². The highest BCUT2D eigenvalue weighted by atomic mass is 32.2. The van der Waals surface area contributed by atoms with Crippen molar-refractivity contribution in [2.75, 3.05) is 23.0 Å². The van der Waals surface area contributed by atoms with Gasteiger partial charge in [-0.3, -0.25) is 4.79 Å². The molecule has 2 N–H and O–H groups in total. The Balaban J connectivity index is 1.49. The van der Waals surface area contributed by atoms with Crippen molar-refractivity contribution in [3.05, 3.63) is 60.8 Å². The highest BCUT2D eigenvalue weighted by molar-refractivity contribution is 8.00. The fourth-order valence-electron chi connectivity index (χ4n) is 3.18. The number of nitrogens with zero attached hydrogens (tertiary/aromatic N) is 3. The third kappa shape index (κ3) is 4.05. The minimum atomic E-state index is 0.0800. The molecule has 2 aromatic carbocycles. The van der Waals surface area contributed by atoms with Crippen molar-refractivity contribution in [1.82, 2.24) is 9.66 Å². The first-order valence-electron chi connectivity index (χ1n) is 9.20. The second-order valence-electron chi connectivity index (χ2n) is 6.70. The monoisotopic (exact) mass is 410 g/mol. The Hall–Kier alpha value is -2.38. The van der Waals surface area contributed by atoms with Gasteiger partial charge in [-0.05, 0) is 18.6 Å². The predicted molar refractivity (Wildman–Crippen MR) is 117 cm³/mol. The summed E-state index contributed by atoms with van der Waals surface area (Å²) in [5, 5.41) is 1.13. The first-order chi connectivity index (χ1) is 13.6. The fourth-order valence-corrected chi connectivity index (χ4v) is 5.07. The van der Waals surface area contributed by atoms with Crippen LogP contribution in [-0.2, 0) is 4.79 Å². The molecule has 1 atom stereocenters. The molecule has 0 saturated heterocycles. The van der Waals surface area contributed by atoms with Gasteiger partial charge in [0.1, 0.15) is 0 Å². The third-order valence-corrected chi connectivity index (χ3v) is 6.83. The van der Waals surface area contributed by atoms with Gasteiger partial charge in [0.15, 0.2) is 5.16 Å². The van der Waals surface area contributed by atoms with E-state index < -0.39 is 0 Å². The standard InChI is InChI=1S/C21H22N4OS2/c1-15-11-12-24(18-9-5-6-10-19(18)28-15)20(26)14-27-21-23-17(13-25(21)22)16-7-3-2-4-8-16/h2-10,13,15H,11-12,14,22H2,1H3/t15-/m1/s1. The molecule has 2 heterocycles. The summed E-state index contributed by atoms with van der Waals surface area (Å²) in [6.45, 7) is 2.94. The minimum Gasteiger partial charge on any atom is -0.337 e. The molecule has 0 unspecified atom stereocenters. The van der Waals surface area contributed by atoms with E-state index in [0.717, 1.165) is 34.8 Å². The van der Waals surface area contributed by atoms with E-state index in [-0.39, 0.29) is 5.91 Å². The van der Waals surface area contributed by atoms with E-state index in [4.69, 9.17) is 5.84 Å². The second-order valence-corrected chi connectivity index (χ2v) is 9.12. The average molecular weight is 411 g/mol. The summed E-state index contributed by atoms with van der Waals surface area (Å²) in [6, 6.07) is 18.0. The number of carbonyl (C=O) groups is 1. The van der Waals surface area contributed by atoms with Crippen LogP contribution in [0.5, 0.6) is 0 Å². The lowest BCUT2D eigenvalue weighted by molar-refractivity contribution is -0.116. The number of aromatic nitrogens is 2. The summed E-state index contributed by atoms with van der Waals surface area (Å²) in [4.78, 5) is 20.7. The smallest absolute Gasteiger partial charge is 0.237 e. The average Bonchev–Trinajstić information content (AvgIpc) is 2.99. The summed E-state index contributed by atoms with van der Waals surface area (Å²) < 4.78 is 1.49. The van der Waals surface area contributed by atoms with Crippen LogP contribution in [0.3, 0.4) is 0 Å². The number of thioether (sulfide) groups is 2. The molecule has 0 radical (unpaired) electrons. The summed E-state index contributed by atoms with van der Waals surface area (Å²) in [7, 11) is 0. The van der Waals surface area contributed by atoms with Crippen LogP contribution >= 0.6 is 23.5 Å². The number of fused-ring (bicyclic) bond motifs is 1. The Bertz CT molecular complexity index is 974. The third-order valence-electron chi connectivity index (χ3n) is 4.64. The molecule has 1 amide bonds. The van der Waals surface area contributed by atoms with Gasteiger partial charge in [0.25, 0.3) is 0 Å². The Labute approximate surface area is 173 Å². The van der Waals surface area contributed by atoms with Gasteiger partial charge in [-0.1, -0.05) is 61.2 Å². The second kappa shape index (κ2) is 8.32. The fraction of sp³-hybridized carbons (Fsp3) is 0.238. The van der Waals surface area contributed by atoms with Crippen molar-refractivity contribution in [3.63, 3.8) is 0 Å². The summed E-state index contributed by atoms with van der Waals surface area (Å²) >= 11 is 3.21. The van der Waals surface area contributed by atoms with Gasteiger partial charge in [0.05, 0.1) is 23.3 Å². The van der Waals surface area contributed by atoms with Gasteiger partial charge in [-0.25, -0.2) is 9.66 Å². The largest absolute Gasteiger partial charge is 0.337 e. The lowest BCUT2D eigenvalue weighted by atomic mass is 10.2. The van der Waals surface area contributed by atoms with Crippen LogP contribution in [0.25, 0.3) is 11.3 Å². The van der Waals surface area contributed by atoms with Gasteiger partial charge >= 0.3 is 0 Å². The number of carbonyl (C=O) groups excluding carboxylic acids is 1. The van der Waals surface area contributed by atoms with Crippen LogP contribution in [0.2, 0.25) is 0 Å². The van der Waals surface area contributed by atoms with E-state index in [1.54, 1.807) is 6.20 Å². The number of rotatable bonds is 4. The van der Waals surface area contributed by atoms with Crippen molar-refractivity contribution in [2.45, 2.75) is 28.6 Å². The molecule has 3 aromatic rings. The number of para-hydroxylation sites is 1. The summed E-state index contributed by atoms with van der Waals surface area (Å²) in [5.41, 5.74) is 2.82. The van der Waals surface area contributed by atoms with Crippen molar-refractivity contribution in [1.29, 1.82) is 0 Å². The van der Waals surface area contributed by atoms with Gasteiger partial charge in [-0.2, -0.15) is 0 Å². The molecule has 0 spiro atoms. The van der Waals surface area contributed by atoms with E-state index in [1.165, 1.54) is 16.4 Å². The lowest BCUT2D eigenvalue weighted by Crippen LogP contribution is -2.33. The topological polar surface area (TPSA) is 64.2 Å². The molecule has 1 aliphatic rings. The Kier molecular flexibility index (Phi) is 5.64. The maximum Gasteiger partial charge on any atom is 0.237 e. The first kappa shape index (κ1) is 19.0. The molecule has 0 fully saturated rings. The predicted octanol–water partition coefficient (Wildman–Crippen LogP) is 4.27. The molecular weight excluding hydrogens is 388 g/mol. The van der Waals surface area contributed by atoms with Crippen LogP contribution in [0, 0.1) is 0 Å². The van der Waals surface area contributed by atoms with Crippen molar-refractivity contribution < 1.29 is 4.79 Å². The number of nitrogen functional groups attached to an aromatic ring is 1. The molecule has 1 aliphatic heterocycles. The SMILES string of the molecule is C[C@@H]1CCN(C(=O)CSc2nc(-c3ccccc3)cn2N)c2ccccc2S1. The molecule has 144 valence electrons. The van der Waals surface area contributed by atoms with E-state index >= 15 is 0 Å². The van der Waals surface area contributed by atoms with Crippen LogP contribution in [0.1, 0.15) is 13.3 Å². The molecule has 28 heavy (non-hydrogen) atoms. The molecule has 7 heteroatoms. The molecule has 0 bridgehead atoms. The normalized spacial score (nSPS) is 16.5. The molecule has 0 saturated carbocycles. The number of hydrogen-bond acceptors (Lipinski definition) is 5. The van der Waals surface area contributed by atoms with E-state index in [9.17, 15) is 4.79 Å². The number of amides is 1. The number of imidazole rings is 1. The number of nitrogens with two attached hydrogens (primary N) is 1. The van der Waals surface area contributed by atoms with Crippen molar-refractivity contribution >= 4 is 35.1 Å². The Morgan fingerprint density at radius 2 is 1.96 bits per heavy atom. The molecular formula is C21H22N4OS2. The summed E-state index contributed by atoms with van der Waals surface area (Å²) in [5.74, 6) is 6.45. The van der Waals surface area contributed by atoms with Crippen molar-refractivity contribution in [3.8, 4) is 11.3 Å². The summed E-state index contributed by atoms with van der Waals surface area (Å²) in [6.07, 6.45) is 2.77. The zero-order chi connectivity index (χ0) is 19.5. The number of hydrogen-bond donors (Lipinski definition) is 1. The zero-order valence-electron chi connectivity index (χ0n) is 15.6. The van der Waals surface area contributed by atoms with Gasteiger partial charge in [0, 0.05) is 22.3 Å². The quantitative estimate of drug-likeness (QED) is 0.514. The maximum absolute atomic E-state index is 13.0. The van der Waals surface area contributed by atoms with Gasteiger partial charge < -0.3 is 10.7 Å². The van der Waals surface area contributed by atoms with Crippen molar-refractivity contribution in [2.24, 2.45) is 0 Å². The van der Waals surface area contributed by atoms with Gasteiger partial charge in [0.2, 0.25) is 5.91 Å². The van der Waals surface area contributed by atoms with E-state index in [1.807, 2.05) is 65.2 Å². The molecule has 4 rings (SSSR count). The Morgan fingerprint density at radius 1 is 1.21 bits per heavy atom. The van der Waals surface area contributed by atoms with E-state index in [0.29, 0.717) is 16.2 Å². The van der Waals surface area contributed by atoms with Crippen LogP contribution in [0.4, 0.5) is 5.69 Å². The molecule has 1 aromatic heterocycles. The first-order valence-corrected chi connectivity index (χ1v) is 11.1. The maximum atomic E-state index is 13.0. The Morgan fingerprint density at radius 3 is 2.79 bits per heavy atom. The number of anilines is 1. The molecule has 0 aliphatic carbocycles. The molecule has 5 nitrogen and oxygen atoms in total. The lowest BCUT2D eigenvalue weighted by Gasteiger charge is -2.22. The number of benzene rings is 2. The van der Waals surface area contributed by atoms with E-state index in [2.05, 4.69) is 18.0 Å².